The van der Waals surface area contributed by atoms with E-state index in [4.69, 9.17) is 15.0 Å². The monoisotopic (exact) mass is 523 g/mol. The van der Waals surface area contributed by atoms with E-state index in [1.165, 1.54) is 12.1 Å². The van der Waals surface area contributed by atoms with Gasteiger partial charge in [0.15, 0.2) is 11.6 Å². The lowest BCUT2D eigenvalue weighted by molar-refractivity contribution is 0.208. The van der Waals surface area contributed by atoms with E-state index >= 15 is 0 Å². The molecule has 1 aliphatic heterocycles. The second-order valence-corrected chi connectivity index (χ2v) is 9.41. The molecule has 2 aromatic carbocycles. The van der Waals surface area contributed by atoms with E-state index < -0.39 is 0 Å². The zero-order chi connectivity index (χ0) is 26.8. The van der Waals surface area contributed by atoms with Crippen LogP contribution in [0.3, 0.4) is 0 Å². The summed E-state index contributed by atoms with van der Waals surface area (Å²) in [7, 11) is 0. The minimum Gasteiger partial charge on any atom is -0.351 e. The Morgan fingerprint density at radius 2 is 1.79 bits per heavy atom. The maximum absolute atomic E-state index is 13.5. The van der Waals surface area contributed by atoms with Crippen LogP contribution in [0.4, 0.5) is 20.7 Å². The smallest absolute Gasteiger partial charge is 0.321 e. The lowest BCUT2D eigenvalue weighted by Crippen LogP contribution is -2.50. The van der Waals surface area contributed by atoms with Gasteiger partial charge >= 0.3 is 6.03 Å². The van der Waals surface area contributed by atoms with E-state index in [2.05, 4.69) is 20.5 Å². The highest BCUT2D eigenvalue weighted by molar-refractivity contribution is 5.90. The molecule has 0 unspecified atom stereocenters. The Balaban J connectivity index is 1.28. The summed E-state index contributed by atoms with van der Waals surface area (Å²) in [4.78, 5) is 31.3. The minimum absolute atomic E-state index is 0.128. The summed E-state index contributed by atoms with van der Waals surface area (Å²) in [6.45, 7) is 4.57. The largest absolute Gasteiger partial charge is 0.351 e. The Kier molecular flexibility index (Phi) is 6.54. The number of aryl methyl sites for hydroxylation is 1. The van der Waals surface area contributed by atoms with Crippen molar-refractivity contribution in [1.29, 1.82) is 0 Å². The molecular weight excluding hydrogens is 497 g/mol. The van der Waals surface area contributed by atoms with Crippen molar-refractivity contribution in [2.24, 2.45) is 0 Å². The van der Waals surface area contributed by atoms with Gasteiger partial charge in [0.25, 0.3) is 0 Å². The maximum atomic E-state index is 13.5. The van der Waals surface area contributed by atoms with Gasteiger partial charge in [-0.05, 0) is 61.0 Å². The lowest BCUT2D eigenvalue weighted by atomic mass is 10.1. The number of aromatic nitrogens is 6. The van der Waals surface area contributed by atoms with Gasteiger partial charge in [-0.25, -0.2) is 28.8 Å². The number of urea groups is 1. The Labute approximate surface area is 224 Å². The van der Waals surface area contributed by atoms with Crippen LogP contribution in [-0.4, -0.2) is 67.1 Å². The normalized spacial score (nSPS) is 13.6. The van der Waals surface area contributed by atoms with Gasteiger partial charge in [-0.15, -0.1) is 5.10 Å². The molecule has 1 fully saturated rings. The van der Waals surface area contributed by atoms with Gasteiger partial charge in [-0.3, -0.25) is 0 Å². The summed E-state index contributed by atoms with van der Waals surface area (Å²) in [6.07, 6.45) is 3.37. The molecule has 1 aliphatic rings. The third-order valence-corrected chi connectivity index (χ3v) is 6.62. The van der Waals surface area contributed by atoms with Crippen LogP contribution in [0.1, 0.15) is 11.4 Å². The van der Waals surface area contributed by atoms with Crippen molar-refractivity contribution >= 4 is 28.6 Å². The highest BCUT2D eigenvalue weighted by Gasteiger charge is 2.25. The molecule has 0 saturated carbocycles. The molecule has 1 N–H and O–H groups in total. The Bertz CT molecular complexity index is 1610. The molecule has 0 aliphatic carbocycles. The summed E-state index contributed by atoms with van der Waals surface area (Å²) >= 11 is 0. The minimum atomic E-state index is -0.300. The Morgan fingerprint density at radius 1 is 0.974 bits per heavy atom. The summed E-state index contributed by atoms with van der Waals surface area (Å²) in [5.74, 6) is 0.974. The Hall–Kier alpha value is -4.93. The van der Waals surface area contributed by atoms with Gasteiger partial charge in [0, 0.05) is 43.6 Å². The van der Waals surface area contributed by atoms with E-state index in [0.29, 0.717) is 61.1 Å². The van der Waals surface area contributed by atoms with Crippen LogP contribution < -0.4 is 10.2 Å². The number of carbonyl (C=O) groups is 1. The van der Waals surface area contributed by atoms with Crippen molar-refractivity contribution in [3.8, 4) is 11.3 Å². The molecule has 5 aromatic rings. The number of pyridine rings is 1. The first-order valence-corrected chi connectivity index (χ1v) is 12.7. The van der Waals surface area contributed by atoms with Gasteiger partial charge in [0.2, 0.25) is 0 Å². The van der Waals surface area contributed by atoms with Crippen molar-refractivity contribution < 1.29 is 9.18 Å². The predicted octanol–water partition coefficient (Wildman–Crippen LogP) is 4.13. The van der Waals surface area contributed by atoms with Gasteiger partial charge in [-0.1, -0.05) is 17.3 Å². The number of nitrogens with zero attached hydrogens (tertiary/aromatic N) is 8. The molecule has 0 spiro atoms. The number of nitrogens with one attached hydrogen (secondary N) is 1. The van der Waals surface area contributed by atoms with Crippen LogP contribution in [-0.2, 0) is 6.54 Å². The van der Waals surface area contributed by atoms with E-state index in [0.717, 1.165) is 16.8 Å². The van der Waals surface area contributed by atoms with E-state index in [-0.39, 0.29) is 11.8 Å². The van der Waals surface area contributed by atoms with Crippen molar-refractivity contribution in [3.05, 3.63) is 90.3 Å². The highest BCUT2D eigenvalue weighted by atomic mass is 19.1. The van der Waals surface area contributed by atoms with Crippen LogP contribution in [0.15, 0.2) is 73.1 Å². The molecule has 196 valence electrons. The van der Waals surface area contributed by atoms with Gasteiger partial charge in [0.1, 0.15) is 17.9 Å². The van der Waals surface area contributed by atoms with E-state index in [1.807, 2.05) is 43.3 Å². The molecule has 0 atom stereocenters. The second kappa shape index (κ2) is 10.4. The highest BCUT2D eigenvalue weighted by Crippen LogP contribution is 2.27. The van der Waals surface area contributed by atoms with Gasteiger partial charge in [0.05, 0.1) is 17.4 Å². The van der Waals surface area contributed by atoms with Crippen LogP contribution in [0.2, 0.25) is 0 Å². The lowest BCUT2D eigenvalue weighted by Gasteiger charge is -2.35. The van der Waals surface area contributed by atoms with Crippen molar-refractivity contribution in [3.63, 3.8) is 0 Å². The fraction of sp³-hybridized carbons (Fsp3) is 0.214. The number of hydrogen-bond donors (Lipinski definition) is 1. The molecule has 0 bridgehead atoms. The number of benzene rings is 2. The molecule has 2 amide bonds. The molecule has 39 heavy (non-hydrogen) atoms. The SMILES string of the molecule is Cc1cccc(NC(=O)N2CCN(c3nc(Cn4ccnn4)nc4ccc(-c5ccc(F)cc5)nc34)CC2)c1. The standard InChI is InChI=1S/C28H26FN9O/c1-19-3-2-4-22(17-19)31-28(39)37-15-13-36(14-16-37)27-26-24(32-25(34-27)18-38-12-11-30-35-38)10-9-23(33-26)20-5-7-21(29)8-6-20/h2-12,17H,13-16,18H2,1H3,(H,31,39). The number of carbonyl (C=O) groups excluding carboxylic acids is 1. The fourth-order valence-electron chi connectivity index (χ4n) is 4.63. The van der Waals surface area contributed by atoms with Crippen LogP contribution in [0.5, 0.6) is 0 Å². The average Bonchev–Trinajstić information content (AvgIpc) is 3.46. The first kappa shape index (κ1) is 24.4. The average molecular weight is 524 g/mol. The first-order chi connectivity index (χ1) is 19.0. The van der Waals surface area contributed by atoms with Crippen LogP contribution >= 0.6 is 0 Å². The summed E-state index contributed by atoms with van der Waals surface area (Å²) in [6, 6.07) is 17.6. The number of hydrogen-bond acceptors (Lipinski definition) is 7. The molecular formula is C28H26FN9O. The molecule has 6 rings (SSSR count). The summed E-state index contributed by atoms with van der Waals surface area (Å²) in [5.41, 5.74) is 4.71. The zero-order valence-corrected chi connectivity index (χ0v) is 21.3. The van der Waals surface area contributed by atoms with Crippen molar-refractivity contribution in [2.45, 2.75) is 13.5 Å². The third kappa shape index (κ3) is 5.37. The van der Waals surface area contributed by atoms with Crippen LogP contribution in [0.25, 0.3) is 22.3 Å². The number of halogens is 1. The number of amides is 2. The summed E-state index contributed by atoms with van der Waals surface area (Å²) < 4.78 is 15.2. The number of rotatable bonds is 5. The molecule has 3 aromatic heterocycles. The van der Waals surface area contributed by atoms with E-state index in [9.17, 15) is 9.18 Å². The maximum Gasteiger partial charge on any atom is 0.321 e. The zero-order valence-electron chi connectivity index (χ0n) is 21.3. The van der Waals surface area contributed by atoms with Crippen LogP contribution in [0, 0.1) is 12.7 Å². The first-order valence-electron chi connectivity index (χ1n) is 12.7. The Morgan fingerprint density at radius 3 is 2.54 bits per heavy atom. The number of piperazine rings is 1. The topological polar surface area (TPSA) is 105 Å². The quantitative estimate of drug-likeness (QED) is 0.369. The predicted molar refractivity (Wildman–Crippen MR) is 146 cm³/mol. The van der Waals surface area contributed by atoms with E-state index in [1.54, 1.807) is 34.1 Å². The molecule has 10 nitrogen and oxygen atoms in total. The molecule has 11 heteroatoms. The summed E-state index contributed by atoms with van der Waals surface area (Å²) in [5, 5.41) is 10.9. The van der Waals surface area contributed by atoms with Crippen molar-refractivity contribution in [1.82, 2.24) is 34.8 Å². The molecule has 1 saturated heterocycles. The van der Waals surface area contributed by atoms with Gasteiger partial charge in [-0.2, -0.15) is 0 Å². The number of anilines is 2. The van der Waals surface area contributed by atoms with Gasteiger partial charge < -0.3 is 15.1 Å². The molecule has 0 radical (unpaired) electrons. The molecule has 4 heterocycles. The third-order valence-electron chi connectivity index (χ3n) is 6.62. The second-order valence-electron chi connectivity index (χ2n) is 9.41. The van der Waals surface area contributed by atoms with Crippen molar-refractivity contribution in [2.75, 3.05) is 36.4 Å². The number of fused-ring (bicyclic) bond motifs is 1. The fourth-order valence-corrected chi connectivity index (χ4v) is 4.63.